The van der Waals surface area contributed by atoms with Gasteiger partial charge in [0.25, 0.3) is 0 Å². The Morgan fingerprint density at radius 1 is 1.33 bits per heavy atom. The molecule has 0 amide bonds. The van der Waals surface area contributed by atoms with Gasteiger partial charge in [-0.3, -0.25) is 0 Å². The number of guanidine groups is 1. The molecule has 0 aromatic carbocycles. The van der Waals surface area contributed by atoms with E-state index in [9.17, 15) is 0 Å². The summed E-state index contributed by atoms with van der Waals surface area (Å²) in [4.78, 5) is 9.02. The summed E-state index contributed by atoms with van der Waals surface area (Å²) in [5.74, 6) is 3.30. The van der Waals surface area contributed by atoms with E-state index in [1.165, 1.54) is 32.1 Å². The third-order valence-electron chi connectivity index (χ3n) is 4.71. The molecule has 2 unspecified atom stereocenters. The Morgan fingerprint density at radius 3 is 2.75 bits per heavy atom. The number of aromatic nitrogens is 1. The summed E-state index contributed by atoms with van der Waals surface area (Å²) in [7, 11) is 0. The van der Waals surface area contributed by atoms with Crippen molar-refractivity contribution < 1.29 is 4.42 Å². The zero-order valence-corrected chi connectivity index (χ0v) is 16.0. The monoisotopic (exact) mass is 334 g/mol. The van der Waals surface area contributed by atoms with Crippen molar-refractivity contribution in [3.05, 3.63) is 17.8 Å². The van der Waals surface area contributed by atoms with Crippen LogP contribution in [0.5, 0.6) is 0 Å². The Bertz CT molecular complexity index is 530. The van der Waals surface area contributed by atoms with Crippen LogP contribution in [-0.2, 0) is 12.0 Å². The van der Waals surface area contributed by atoms with E-state index in [1.807, 2.05) is 6.20 Å². The lowest BCUT2D eigenvalue weighted by Crippen LogP contribution is -2.45. The van der Waals surface area contributed by atoms with Gasteiger partial charge in [0.1, 0.15) is 12.3 Å². The summed E-state index contributed by atoms with van der Waals surface area (Å²) in [6.07, 6.45) is 8.25. The first-order valence-electron chi connectivity index (χ1n) is 9.42. The van der Waals surface area contributed by atoms with Crippen molar-refractivity contribution in [1.29, 1.82) is 0 Å². The van der Waals surface area contributed by atoms with E-state index in [1.54, 1.807) is 0 Å². The molecule has 1 aliphatic rings. The number of hydrogen-bond donors (Lipinski definition) is 2. The summed E-state index contributed by atoms with van der Waals surface area (Å²) in [6, 6.07) is 0.524. The molecule has 24 heavy (non-hydrogen) atoms. The van der Waals surface area contributed by atoms with Gasteiger partial charge < -0.3 is 15.1 Å². The first-order chi connectivity index (χ1) is 11.4. The average Bonchev–Trinajstić information content (AvgIpc) is 3.02. The third-order valence-corrected chi connectivity index (χ3v) is 4.71. The number of oxazole rings is 1. The molecule has 0 aliphatic heterocycles. The summed E-state index contributed by atoms with van der Waals surface area (Å²) < 4.78 is 5.83. The molecule has 136 valence electrons. The molecule has 0 bridgehead atoms. The lowest BCUT2D eigenvalue weighted by atomic mass is 9.84. The van der Waals surface area contributed by atoms with Crippen LogP contribution in [0.25, 0.3) is 0 Å². The van der Waals surface area contributed by atoms with E-state index < -0.39 is 0 Å². The van der Waals surface area contributed by atoms with Gasteiger partial charge in [-0.05, 0) is 25.7 Å². The minimum Gasteiger partial charge on any atom is -0.443 e. The van der Waals surface area contributed by atoms with Crippen molar-refractivity contribution in [3.63, 3.8) is 0 Å². The number of rotatable bonds is 5. The summed E-state index contributed by atoms with van der Waals surface area (Å²) >= 11 is 0. The molecular formula is C19H34N4O. The Morgan fingerprint density at radius 2 is 2.12 bits per heavy atom. The number of aliphatic imine (C=N–C) groups is 1. The molecule has 2 rings (SSSR count). The molecule has 0 radical (unpaired) electrons. The Hall–Kier alpha value is -1.52. The molecule has 1 fully saturated rings. The summed E-state index contributed by atoms with van der Waals surface area (Å²) in [5.41, 5.74) is -0.0189. The second-order valence-electron chi connectivity index (χ2n) is 7.85. The van der Waals surface area contributed by atoms with Crippen molar-refractivity contribution in [2.75, 3.05) is 6.54 Å². The SMILES string of the molecule is CCNC(=NCc1ncc(C(C)(C)C)o1)NC1CCCC(CC)C1. The largest absolute Gasteiger partial charge is 0.443 e. The van der Waals surface area contributed by atoms with Crippen LogP contribution in [0.15, 0.2) is 15.6 Å². The smallest absolute Gasteiger partial charge is 0.216 e. The molecule has 0 spiro atoms. The molecule has 1 saturated carbocycles. The maximum atomic E-state index is 5.83. The van der Waals surface area contributed by atoms with Crippen LogP contribution in [0.1, 0.15) is 78.4 Å². The highest BCUT2D eigenvalue weighted by molar-refractivity contribution is 5.80. The van der Waals surface area contributed by atoms with Crippen molar-refractivity contribution in [2.24, 2.45) is 10.9 Å². The molecule has 2 N–H and O–H groups in total. The van der Waals surface area contributed by atoms with Crippen molar-refractivity contribution >= 4 is 5.96 Å². The maximum Gasteiger partial charge on any atom is 0.216 e. The van der Waals surface area contributed by atoms with E-state index in [0.717, 1.165) is 24.2 Å². The van der Waals surface area contributed by atoms with Crippen molar-refractivity contribution in [1.82, 2.24) is 15.6 Å². The first-order valence-corrected chi connectivity index (χ1v) is 9.42. The average molecular weight is 335 g/mol. The van der Waals surface area contributed by atoms with E-state index in [2.05, 4.69) is 55.2 Å². The van der Waals surface area contributed by atoms with Gasteiger partial charge in [-0.1, -0.05) is 47.0 Å². The van der Waals surface area contributed by atoms with Gasteiger partial charge in [-0.25, -0.2) is 9.98 Å². The first kappa shape index (κ1) is 18.8. The number of hydrogen-bond acceptors (Lipinski definition) is 3. The molecule has 1 aromatic rings. The molecular weight excluding hydrogens is 300 g/mol. The highest BCUT2D eigenvalue weighted by Gasteiger charge is 2.22. The highest BCUT2D eigenvalue weighted by atomic mass is 16.4. The van der Waals surface area contributed by atoms with Gasteiger partial charge in [0, 0.05) is 18.0 Å². The van der Waals surface area contributed by atoms with Crippen LogP contribution in [0.4, 0.5) is 0 Å². The molecule has 0 saturated heterocycles. The number of nitrogens with zero attached hydrogens (tertiary/aromatic N) is 2. The maximum absolute atomic E-state index is 5.83. The Labute approximate surface area is 146 Å². The summed E-state index contributed by atoms with van der Waals surface area (Å²) in [6.45, 7) is 12.1. The molecule has 5 heteroatoms. The van der Waals surface area contributed by atoms with Gasteiger partial charge >= 0.3 is 0 Å². The van der Waals surface area contributed by atoms with Gasteiger partial charge in [0.05, 0.1) is 6.20 Å². The standard InChI is InChI=1S/C19H34N4O/c1-6-14-9-8-10-15(11-14)23-18(20-7-2)22-13-17-21-12-16(24-17)19(3,4)5/h12,14-15H,6-11,13H2,1-5H3,(H2,20,22,23). The zero-order chi connectivity index (χ0) is 17.6. The van der Waals surface area contributed by atoms with Crippen LogP contribution in [0, 0.1) is 5.92 Å². The second kappa shape index (κ2) is 8.54. The van der Waals surface area contributed by atoms with Crippen molar-refractivity contribution in [2.45, 2.75) is 84.7 Å². The van der Waals surface area contributed by atoms with Gasteiger partial charge in [0.2, 0.25) is 5.89 Å². The number of nitrogens with one attached hydrogen (secondary N) is 2. The summed E-state index contributed by atoms with van der Waals surface area (Å²) in [5, 5.41) is 6.94. The van der Waals surface area contributed by atoms with E-state index in [-0.39, 0.29) is 5.41 Å². The lowest BCUT2D eigenvalue weighted by Gasteiger charge is -2.30. The van der Waals surface area contributed by atoms with E-state index in [4.69, 9.17) is 4.42 Å². The van der Waals surface area contributed by atoms with Crippen LogP contribution in [0.2, 0.25) is 0 Å². The normalized spacial score (nSPS) is 22.5. The van der Waals surface area contributed by atoms with E-state index in [0.29, 0.717) is 18.5 Å². The quantitative estimate of drug-likeness (QED) is 0.631. The minimum atomic E-state index is -0.0189. The molecule has 1 aromatic heterocycles. The van der Waals surface area contributed by atoms with E-state index >= 15 is 0 Å². The second-order valence-corrected chi connectivity index (χ2v) is 7.85. The lowest BCUT2D eigenvalue weighted by molar-refractivity contribution is 0.298. The fraction of sp³-hybridized carbons (Fsp3) is 0.789. The van der Waals surface area contributed by atoms with Gasteiger partial charge in [-0.15, -0.1) is 0 Å². The topological polar surface area (TPSA) is 62.5 Å². The van der Waals surface area contributed by atoms with Crippen molar-refractivity contribution in [3.8, 4) is 0 Å². The molecule has 2 atom stereocenters. The fourth-order valence-corrected chi connectivity index (χ4v) is 3.18. The molecule has 1 aliphatic carbocycles. The van der Waals surface area contributed by atoms with Crippen LogP contribution >= 0.6 is 0 Å². The molecule has 5 nitrogen and oxygen atoms in total. The van der Waals surface area contributed by atoms with Crippen LogP contribution < -0.4 is 10.6 Å². The Kier molecular flexibility index (Phi) is 6.69. The fourth-order valence-electron chi connectivity index (χ4n) is 3.18. The third kappa shape index (κ3) is 5.53. The van der Waals surface area contributed by atoms with Gasteiger partial charge in [-0.2, -0.15) is 0 Å². The van der Waals surface area contributed by atoms with Crippen LogP contribution in [-0.4, -0.2) is 23.5 Å². The minimum absolute atomic E-state index is 0.0189. The molecule has 1 heterocycles. The van der Waals surface area contributed by atoms with Gasteiger partial charge in [0.15, 0.2) is 5.96 Å². The Balaban J connectivity index is 1.96. The zero-order valence-electron chi connectivity index (χ0n) is 16.0. The highest BCUT2D eigenvalue weighted by Crippen LogP contribution is 2.26. The predicted octanol–water partition coefficient (Wildman–Crippen LogP) is 4.00. The van der Waals surface area contributed by atoms with Crippen LogP contribution in [0.3, 0.4) is 0 Å². The predicted molar refractivity (Wildman–Crippen MR) is 99.2 cm³/mol.